The van der Waals surface area contributed by atoms with E-state index in [0.29, 0.717) is 18.2 Å². The molecule has 0 radical (unpaired) electrons. The Hall–Kier alpha value is -0.930. The van der Waals surface area contributed by atoms with Crippen molar-refractivity contribution >= 4 is 0 Å². The second-order valence-electron chi connectivity index (χ2n) is 5.98. The summed E-state index contributed by atoms with van der Waals surface area (Å²) in [6.45, 7) is 7.29. The maximum Gasteiger partial charge on any atom is 0.128 e. The third-order valence-corrected chi connectivity index (χ3v) is 3.75. The zero-order valence-electron chi connectivity index (χ0n) is 12.1. The molecule has 1 aromatic rings. The number of ether oxygens (including phenoxy) is 1. The van der Waals surface area contributed by atoms with E-state index in [4.69, 9.17) is 4.74 Å². The summed E-state index contributed by atoms with van der Waals surface area (Å²) in [5.74, 6) is -0.179. The molecule has 0 saturated heterocycles. The molecule has 0 atom stereocenters. The molecule has 1 aliphatic carbocycles. The van der Waals surface area contributed by atoms with Crippen molar-refractivity contribution in [3.8, 4) is 0 Å². The Bertz CT molecular complexity index is 427. The van der Waals surface area contributed by atoms with Crippen LogP contribution in [0.25, 0.3) is 0 Å². The summed E-state index contributed by atoms with van der Waals surface area (Å²) in [6, 6.07) is 5.97. The molecule has 19 heavy (non-hydrogen) atoms. The van der Waals surface area contributed by atoms with E-state index in [0.717, 1.165) is 18.5 Å². The minimum absolute atomic E-state index is 0.179. The molecule has 0 aliphatic heterocycles. The monoisotopic (exact) mass is 265 g/mol. The first kappa shape index (κ1) is 14.5. The first-order valence-corrected chi connectivity index (χ1v) is 7.15. The average molecular weight is 265 g/mol. The van der Waals surface area contributed by atoms with E-state index in [9.17, 15) is 4.39 Å². The van der Waals surface area contributed by atoms with Crippen LogP contribution in [0.3, 0.4) is 0 Å². The first-order chi connectivity index (χ1) is 9.00. The van der Waals surface area contributed by atoms with E-state index in [1.54, 1.807) is 6.07 Å². The van der Waals surface area contributed by atoms with E-state index in [-0.39, 0.29) is 11.4 Å². The topological polar surface area (TPSA) is 21.3 Å². The van der Waals surface area contributed by atoms with Crippen molar-refractivity contribution in [3.05, 3.63) is 35.1 Å². The van der Waals surface area contributed by atoms with Gasteiger partial charge in [-0.05, 0) is 50.8 Å². The van der Waals surface area contributed by atoms with Gasteiger partial charge in [0, 0.05) is 18.2 Å². The maximum absolute atomic E-state index is 13.8. The van der Waals surface area contributed by atoms with Gasteiger partial charge in [-0.2, -0.15) is 0 Å². The lowest BCUT2D eigenvalue weighted by atomic mass is 10.1. The van der Waals surface area contributed by atoms with Gasteiger partial charge in [-0.15, -0.1) is 0 Å². The van der Waals surface area contributed by atoms with Crippen molar-refractivity contribution in [3.63, 3.8) is 0 Å². The van der Waals surface area contributed by atoms with Crippen LogP contribution in [-0.2, 0) is 17.9 Å². The van der Waals surface area contributed by atoms with E-state index >= 15 is 0 Å². The quantitative estimate of drug-likeness (QED) is 0.810. The van der Waals surface area contributed by atoms with Crippen molar-refractivity contribution in [2.45, 2.75) is 64.8 Å². The summed E-state index contributed by atoms with van der Waals surface area (Å²) < 4.78 is 19.5. The van der Waals surface area contributed by atoms with Crippen molar-refractivity contribution < 1.29 is 9.13 Å². The first-order valence-electron chi connectivity index (χ1n) is 7.15. The molecule has 1 fully saturated rings. The predicted octanol–water partition coefficient (Wildman–Crippen LogP) is 3.78. The Labute approximate surface area is 115 Å². The maximum atomic E-state index is 13.8. The van der Waals surface area contributed by atoms with Crippen LogP contribution < -0.4 is 5.32 Å². The summed E-state index contributed by atoms with van der Waals surface area (Å²) in [6.07, 6.45) is 3.45. The summed E-state index contributed by atoms with van der Waals surface area (Å²) in [5, 5.41) is 3.44. The fourth-order valence-corrected chi connectivity index (χ4v) is 1.77. The fourth-order valence-electron chi connectivity index (χ4n) is 1.77. The van der Waals surface area contributed by atoms with Gasteiger partial charge in [0.25, 0.3) is 0 Å². The van der Waals surface area contributed by atoms with Crippen LogP contribution in [0.1, 0.15) is 51.2 Å². The van der Waals surface area contributed by atoms with E-state index in [1.165, 1.54) is 12.8 Å². The van der Waals surface area contributed by atoms with Crippen LogP contribution >= 0.6 is 0 Å². The van der Waals surface area contributed by atoms with E-state index < -0.39 is 0 Å². The molecule has 0 unspecified atom stereocenters. The van der Waals surface area contributed by atoms with Gasteiger partial charge < -0.3 is 10.1 Å². The molecule has 0 aromatic heterocycles. The fraction of sp³-hybridized carbons (Fsp3) is 0.625. The van der Waals surface area contributed by atoms with Crippen LogP contribution in [0.4, 0.5) is 4.39 Å². The zero-order valence-corrected chi connectivity index (χ0v) is 12.1. The highest BCUT2D eigenvalue weighted by molar-refractivity contribution is 5.24. The molecule has 0 amide bonds. The highest BCUT2D eigenvalue weighted by Crippen LogP contribution is 2.21. The SMILES string of the molecule is CCC(C)(C)OCc1cc(CNC2CC2)ccc1F. The van der Waals surface area contributed by atoms with Gasteiger partial charge in [0.1, 0.15) is 5.82 Å². The van der Waals surface area contributed by atoms with Crippen LogP contribution in [-0.4, -0.2) is 11.6 Å². The molecule has 1 saturated carbocycles. The Morgan fingerprint density at radius 3 is 2.74 bits per heavy atom. The predicted molar refractivity (Wildman–Crippen MR) is 75.4 cm³/mol. The van der Waals surface area contributed by atoms with Crippen molar-refractivity contribution in [1.29, 1.82) is 0 Å². The third-order valence-electron chi connectivity index (χ3n) is 3.75. The van der Waals surface area contributed by atoms with Crippen LogP contribution in [0.15, 0.2) is 18.2 Å². The number of halogens is 1. The van der Waals surface area contributed by atoms with Gasteiger partial charge in [-0.1, -0.05) is 13.0 Å². The van der Waals surface area contributed by atoms with Gasteiger partial charge >= 0.3 is 0 Å². The molecule has 1 N–H and O–H groups in total. The lowest BCUT2D eigenvalue weighted by Crippen LogP contribution is -2.23. The van der Waals surface area contributed by atoms with Gasteiger partial charge in [0.05, 0.1) is 12.2 Å². The number of benzene rings is 1. The van der Waals surface area contributed by atoms with Gasteiger partial charge in [-0.25, -0.2) is 4.39 Å². The molecule has 106 valence electrons. The number of hydrogen-bond acceptors (Lipinski definition) is 2. The molecule has 0 bridgehead atoms. The molecule has 1 aliphatic rings. The van der Waals surface area contributed by atoms with Crippen molar-refractivity contribution in [2.24, 2.45) is 0 Å². The lowest BCUT2D eigenvalue weighted by molar-refractivity contribution is -0.0326. The molecule has 2 nitrogen and oxygen atoms in total. The molecule has 0 heterocycles. The van der Waals surface area contributed by atoms with Crippen LogP contribution in [0.5, 0.6) is 0 Å². The summed E-state index contributed by atoms with van der Waals surface area (Å²) in [5.41, 5.74) is 1.58. The molecule has 2 rings (SSSR count). The Balaban J connectivity index is 1.95. The van der Waals surface area contributed by atoms with Crippen LogP contribution in [0.2, 0.25) is 0 Å². The Morgan fingerprint density at radius 2 is 2.11 bits per heavy atom. The number of hydrogen-bond donors (Lipinski definition) is 1. The van der Waals surface area contributed by atoms with Gasteiger partial charge in [-0.3, -0.25) is 0 Å². The van der Waals surface area contributed by atoms with E-state index in [2.05, 4.69) is 12.2 Å². The molecule has 3 heteroatoms. The highest BCUT2D eigenvalue weighted by atomic mass is 19.1. The van der Waals surface area contributed by atoms with Crippen molar-refractivity contribution in [2.75, 3.05) is 0 Å². The van der Waals surface area contributed by atoms with Crippen LogP contribution in [0, 0.1) is 5.82 Å². The zero-order chi connectivity index (χ0) is 13.9. The summed E-state index contributed by atoms with van der Waals surface area (Å²) in [7, 11) is 0. The molecular formula is C16H24FNO. The second kappa shape index (κ2) is 6.02. The molecule has 1 aromatic carbocycles. The normalized spacial score (nSPS) is 15.8. The lowest BCUT2D eigenvalue weighted by Gasteiger charge is -2.23. The smallest absolute Gasteiger partial charge is 0.128 e. The highest BCUT2D eigenvalue weighted by Gasteiger charge is 2.20. The minimum Gasteiger partial charge on any atom is -0.371 e. The molecule has 0 spiro atoms. The second-order valence-corrected chi connectivity index (χ2v) is 5.98. The average Bonchev–Trinajstić information content (AvgIpc) is 3.20. The number of rotatable bonds is 7. The Morgan fingerprint density at radius 1 is 1.37 bits per heavy atom. The number of nitrogens with one attached hydrogen (secondary N) is 1. The van der Waals surface area contributed by atoms with Gasteiger partial charge in [0.15, 0.2) is 0 Å². The largest absolute Gasteiger partial charge is 0.371 e. The summed E-state index contributed by atoms with van der Waals surface area (Å²) >= 11 is 0. The third kappa shape index (κ3) is 4.59. The minimum atomic E-state index is -0.200. The van der Waals surface area contributed by atoms with E-state index in [1.807, 2.05) is 26.0 Å². The standard InChI is InChI=1S/C16H24FNO/c1-4-16(2,3)19-11-13-9-12(5-8-15(13)17)10-18-14-6-7-14/h5,8-9,14,18H,4,6-7,10-11H2,1-3H3. The molecular weight excluding hydrogens is 241 g/mol. The summed E-state index contributed by atoms with van der Waals surface area (Å²) in [4.78, 5) is 0. The van der Waals surface area contributed by atoms with Gasteiger partial charge in [0.2, 0.25) is 0 Å². The Kier molecular flexibility index (Phi) is 4.58. The van der Waals surface area contributed by atoms with Crippen molar-refractivity contribution in [1.82, 2.24) is 5.32 Å².